The summed E-state index contributed by atoms with van der Waals surface area (Å²) in [5.41, 5.74) is 1.37. The fourth-order valence-corrected chi connectivity index (χ4v) is 2.52. The zero-order valence-corrected chi connectivity index (χ0v) is 10.7. The first kappa shape index (κ1) is 13.1. The second-order valence-electron chi connectivity index (χ2n) is 5.08. The molecule has 1 N–H and O–H groups in total. The van der Waals surface area contributed by atoms with Gasteiger partial charge in [0.15, 0.2) is 6.10 Å². The molecule has 0 aliphatic heterocycles. The van der Waals surface area contributed by atoms with Crippen molar-refractivity contribution in [3.05, 3.63) is 35.9 Å². The van der Waals surface area contributed by atoms with Crippen LogP contribution in [0.5, 0.6) is 0 Å². The summed E-state index contributed by atoms with van der Waals surface area (Å²) in [6.45, 7) is 0. The highest BCUT2D eigenvalue weighted by Crippen LogP contribution is 2.45. The van der Waals surface area contributed by atoms with Crippen molar-refractivity contribution in [3.63, 3.8) is 0 Å². The quantitative estimate of drug-likeness (QED) is 0.807. The molecule has 0 spiro atoms. The number of carbonyl (C=O) groups is 1. The van der Waals surface area contributed by atoms with Crippen LogP contribution in [0.4, 0.5) is 0 Å². The SMILES string of the molecule is CO[C@H](C[C@H]1C[C@@H]1CCc1ccccc1)C(=O)O. The highest BCUT2D eigenvalue weighted by molar-refractivity contribution is 5.72. The monoisotopic (exact) mass is 248 g/mol. The molecule has 3 atom stereocenters. The molecule has 1 saturated carbocycles. The third-order valence-corrected chi connectivity index (χ3v) is 3.79. The zero-order chi connectivity index (χ0) is 13.0. The minimum absolute atomic E-state index is 0.537. The molecule has 3 heteroatoms. The van der Waals surface area contributed by atoms with E-state index in [4.69, 9.17) is 9.84 Å². The van der Waals surface area contributed by atoms with Gasteiger partial charge in [-0.05, 0) is 43.1 Å². The summed E-state index contributed by atoms with van der Waals surface area (Å²) in [5.74, 6) is 0.378. The van der Waals surface area contributed by atoms with Crippen LogP contribution in [0.15, 0.2) is 30.3 Å². The number of hydrogen-bond acceptors (Lipinski definition) is 2. The average Bonchev–Trinajstić information content (AvgIpc) is 3.13. The Morgan fingerprint density at radius 3 is 2.72 bits per heavy atom. The topological polar surface area (TPSA) is 46.5 Å². The molecule has 0 radical (unpaired) electrons. The van der Waals surface area contributed by atoms with E-state index in [9.17, 15) is 4.79 Å². The Hall–Kier alpha value is -1.35. The zero-order valence-electron chi connectivity index (χ0n) is 10.7. The molecule has 0 aromatic heterocycles. The van der Waals surface area contributed by atoms with E-state index < -0.39 is 12.1 Å². The van der Waals surface area contributed by atoms with Gasteiger partial charge in [-0.25, -0.2) is 4.79 Å². The van der Waals surface area contributed by atoms with Crippen LogP contribution in [0, 0.1) is 11.8 Å². The maximum Gasteiger partial charge on any atom is 0.332 e. The summed E-state index contributed by atoms with van der Waals surface area (Å²) in [5, 5.41) is 8.92. The molecule has 1 aliphatic carbocycles. The lowest BCUT2D eigenvalue weighted by molar-refractivity contribution is -0.149. The van der Waals surface area contributed by atoms with E-state index in [2.05, 4.69) is 24.3 Å². The Morgan fingerprint density at radius 2 is 2.11 bits per heavy atom. The maximum absolute atomic E-state index is 10.9. The van der Waals surface area contributed by atoms with Gasteiger partial charge in [0.2, 0.25) is 0 Å². The molecule has 0 bridgehead atoms. The van der Waals surface area contributed by atoms with Gasteiger partial charge in [-0.1, -0.05) is 30.3 Å². The Kier molecular flexibility index (Phi) is 4.37. The largest absolute Gasteiger partial charge is 0.479 e. The van der Waals surface area contributed by atoms with Crippen LogP contribution in [-0.2, 0) is 16.0 Å². The predicted molar refractivity (Wildman–Crippen MR) is 69.4 cm³/mol. The fraction of sp³-hybridized carbons (Fsp3) is 0.533. The number of aliphatic carboxylic acids is 1. The van der Waals surface area contributed by atoms with Crippen molar-refractivity contribution in [2.45, 2.75) is 31.8 Å². The number of hydrogen-bond donors (Lipinski definition) is 1. The Labute approximate surface area is 108 Å². The highest BCUT2D eigenvalue weighted by Gasteiger charge is 2.39. The minimum Gasteiger partial charge on any atom is -0.479 e. The lowest BCUT2D eigenvalue weighted by Gasteiger charge is -2.09. The Balaban J connectivity index is 1.70. The number of ether oxygens (including phenoxy) is 1. The summed E-state index contributed by atoms with van der Waals surface area (Å²) < 4.78 is 4.97. The van der Waals surface area contributed by atoms with E-state index in [1.165, 1.54) is 12.7 Å². The van der Waals surface area contributed by atoms with Gasteiger partial charge in [0.1, 0.15) is 0 Å². The van der Waals surface area contributed by atoms with Gasteiger partial charge in [0, 0.05) is 7.11 Å². The summed E-state index contributed by atoms with van der Waals surface area (Å²) >= 11 is 0. The van der Waals surface area contributed by atoms with Gasteiger partial charge in [-0.15, -0.1) is 0 Å². The van der Waals surface area contributed by atoms with Crippen molar-refractivity contribution in [2.75, 3.05) is 7.11 Å². The van der Waals surface area contributed by atoms with Gasteiger partial charge in [0.25, 0.3) is 0 Å². The van der Waals surface area contributed by atoms with E-state index in [0.717, 1.165) is 19.3 Å². The molecule has 0 heterocycles. The predicted octanol–water partition coefficient (Wildman–Crippen LogP) is 2.75. The molecule has 0 unspecified atom stereocenters. The van der Waals surface area contributed by atoms with Gasteiger partial charge in [0.05, 0.1) is 0 Å². The van der Waals surface area contributed by atoms with Crippen LogP contribution in [0.1, 0.15) is 24.8 Å². The standard InChI is InChI=1S/C15H20O3/c1-18-14(15(16)17)10-13-9-12(13)8-7-11-5-3-2-4-6-11/h2-6,12-14H,7-10H2,1H3,(H,16,17)/t12-,13+,14+/m0/s1. The van der Waals surface area contributed by atoms with Crippen molar-refractivity contribution in [1.82, 2.24) is 0 Å². The van der Waals surface area contributed by atoms with Gasteiger partial charge in [-0.2, -0.15) is 0 Å². The molecule has 98 valence electrons. The molecule has 1 aromatic carbocycles. The molecule has 1 aromatic rings. The first-order chi connectivity index (χ1) is 8.70. The third kappa shape index (κ3) is 3.57. The van der Waals surface area contributed by atoms with Crippen LogP contribution in [-0.4, -0.2) is 24.3 Å². The van der Waals surface area contributed by atoms with Crippen LogP contribution in [0.3, 0.4) is 0 Å². The number of methoxy groups -OCH3 is 1. The summed E-state index contributed by atoms with van der Waals surface area (Å²) in [6, 6.07) is 10.4. The van der Waals surface area contributed by atoms with E-state index in [1.807, 2.05) is 6.07 Å². The van der Waals surface area contributed by atoms with Crippen molar-refractivity contribution in [1.29, 1.82) is 0 Å². The molecule has 0 saturated heterocycles. The van der Waals surface area contributed by atoms with Crippen LogP contribution in [0.25, 0.3) is 0 Å². The van der Waals surface area contributed by atoms with Crippen molar-refractivity contribution in [2.24, 2.45) is 11.8 Å². The highest BCUT2D eigenvalue weighted by atomic mass is 16.5. The van der Waals surface area contributed by atoms with E-state index in [1.54, 1.807) is 0 Å². The summed E-state index contributed by atoms with van der Waals surface area (Å²) in [7, 11) is 1.47. The molecule has 1 aliphatic rings. The Bertz CT molecular complexity index is 388. The molecule has 3 nitrogen and oxygen atoms in total. The molecule has 1 fully saturated rings. The van der Waals surface area contributed by atoms with Crippen molar-refractivity contribution < 1.29 is 14.6 Å². The van der Waals surface area contributed by atoms with Crippen LogP contribution in [0.2, 0.25) is 0 Å². The lowest BCUT2D eigenvalue weighted by atomic mass is 10.0. The second-order valence-corrected chi connectivity index (χ2v) is 5.08. The first-order valence-corrected chi connectivity index (χ1v) is 6.50. The number of rotatable bonds is 7. The molecule has 18 heavy (non-hydrogen) atoms. The molecule has 2 rings (SSSR count). The van der Waals surface area contributed by atoms with E-state index in [-0.39, 0.29) is 0 Å². The summed E-state index contributed by atoms with van der Waals surface area (Å²) in [6.07, 6.45) is 3.43. The van der Waals surface area contributed by atoms with E-state index >= 15 is 0 Å². The van der Waals surface area contributed by atoms with Gasteiger partial charge in [-0.3, -0.25) is 0 Å². The Morgan fingerprint density at radius 1 is 1.39 bits per heavy atom. The molecular formula is C15H20O3. The maximum atomic E-state index is 10.9. The van der Waals surface area contributed by atoms with Gasteiger partial charge >= 0.3 is 5.97 Å². The van der Waals surface area contributed by atoms with E-state index in [0.29, 0.717) is 18.3 Å². The molecule has 0 amide bonds. The minimum atomic E-state index is -0.841. The molecular weight excluding hydrogens is 228 g/mol. The number of benzene rings is 1. The number of carboxylic acids is 1. The van der Waals surface area contributed by atoms with Crippen molar-refractivity contribution in [3.8, 4) is 0 Å². The second kappa shape index (κ2) is 6.01. The van der Waals surface area contributed by atoms with Crippen molar-refractivity contribution >= 4 is 5.97 Å². The fourth-order valence-electron chi connectivity index (χ4n) is 2.52. The summed E-state index contributed by atoms with van der Waals surface area (Å²) in [4.78, 5) is 10.9. The third-order valence-electron chi connectivity index (χ3n) is 3.79. The number of carboxylic acid groups (broad SMARTS) is 1. The number of aryl methyl sites for hydroxylation is 1. The smallest absolute Gasteiger partial charge is 0.332 e. The lowest BCUT2D eigenvalue weighted by Crippen LogP contribution is -2.23. The van der Waals surface area contributed by atoms with Crippen LogP contribution >= 0.6 is 0 Å². The average molecular weight is 248 g/mol. The normalized spacial score (nSPS) is 23.6. The first-order valence-electron chi connectivity index (χ1n) is 6.50. The van der Waals surface area contributed by atoms with Crippen LogP contribution < -0.4 is 0 Å². The van der Waals surface area contributed by atoms with Gasteiger partial charge < -0.3 is 9.84 Å².